The van der Waals surface area contributed by atoms with Crippen molar-refractivity contribution in [2.45, 2.75) is 31.3 Å². The Morgan fingerprint density at radius 1 is 1.35 bits per heavy atom. The third-order valence-corrected chi connectivity index (χ3v) is 5.64. The lowest BCUT2D eigenvalue weighted by molar-refractivity contribution is -0.146. The van der Waals surface area contributed by atoms with Crippen LogP contribution >= 0.6 is 0 Å². The van der Waals surface area contributed by atoms with Gasteiger partial charge >= 0.3 is 0 Å². The summed E-state index contributed by atoms with van der Waals surface area (Å²) in [6.45, 7) is 3.60. The van der Waals surface area contributed by atoms with Crippen molar-refractivity contribution < 1.29 is 9.53 Å². The van der Waals surface area contributed by atoms with Gasteiger partial charge in [-0.3, -0.25) is 14.7 Å². The van der Waals surface area contributed by atoms with E-state index in [1.807, 2.05) is 17.2 Å². The number of aromatic amines is 1. The summed E-state index contributed by atoms with van der Waals surface area (Å²) < 4.78 is 5.12. The lowest BCUT2D eigenvalue weighted by atomic mass is 9.78. The molecule has 26 heavy (non-hydrogen) atoms. The molecule has 4 rings (SSSR count). The maximum atomic E-state index is 12.7. The van der Waals surface area contributed by atoms with E-state index >= 15 is 0 Å². The zero-order valence-electron chi connectivity index (χ0n) is 15.1. The SMILES string of the molecule is COCC(=O)N1CCc2[nH]cnc2C12CCN(Cc1cccnc1)CC2. The van der Waals surface area contributed by atoms with Crippen molar-refractivity contribution in [2.75, 3.05) is 33.4 Å². The molecule has 138 valence electrons. The molecule has 0 bridgehead atoms. The third kappa shape index (κ3) is 3.01. The van der Waals surface area contributed by atoms with E-state index in [0.717, 1.165) is 51.1 Å². The Balaban J connectivity index is 1.54. The number of likely N-dealkylation sites (tertiary alicyclic amines) is 1. The smallest absolute Gasteiger partial charge is 0.249 e. The minimum absolute atomic E-state index is 0.0573. The highest BCUT2D eigenvalue weighted by Crippen LogP contribution is 2.42. The maximum absolute atomic E-state index is 12.7. The van der Waals surface area contributed by atoms with E-state index in [1.165, 1.54) is 11.3 Å². The summed E-state index contributed by atoms with van der Waals surface area (Å²) in [6.07, 6.45) is 8.09. The Kier molecular flexibility index (Phi) is 4.74. The molecule has 2 aliphatic heterocycles. The summed E-state index contributed by atoms with van der Waals surface area (Å²) >= 11 is 0. The van der Waals surface area contributed by atoms with Crippen LogP contribution in [0.3, 0.4) is 0 Å². The van der Waals surface area contributed by atoms with Crippen LogP contribution in [0.2, 0.25) is 0 Å². The number of amides is 1. The van der Waals surface area contributed by atoms with Crippen LogP contribution in [-0.2, 0) is 28.0 Å². The number of nitrogens with one attached hydrogen (secondary N) is 1. The molecule has 7 nitrogen and oxygen atoms in total. The fourth-order valence-corrected chi connectivity index (χ4v) is 4.38. The second kappa shape index (κ2) is 7.17. The van der Waals surface area contributed by atoms with Gasteiger partial charge in [-0.05, 0) is 24.5 Å². The summed E-state index contributed by atoms with van der Waals surface area (Å²) in [6, 6.07) is 4.08. The number of fused-ring (bicyclic) bond motifs is 2. The maximum Gasteiger partial charge on any atom is 0.249 e. The van der Waals surface area contributed by atoms with Gasteiger partial charge in [0.05, 0.1) is 17.6 Å². The van der Waals surface area contributed by atoms with E-state index in [-0.39, 0.29) is 18.1 Å². The number of hydrogen-bond acceptors (Lipinski definition) is 5. The first-order chi connectivity index (χ1) is 12.7. The average Bonchev–Trinajstić information content (AvgIpc) is 3.15. The molecule has 0 radical (unpaired) electrons. The first kappa shape index (κ1) is 17.2. The van der Waals surface area contributed by atoms with Crippen LogP contribution in [0.1, 0.15) is 29.8 Å². The molecule has 2 aliphatic rings. The van der Waals surface area contributed by atoms with Gasteiger partial charge in [-0.1, -0.05) is 6.07 Å². The van der Waals surface area contributed by atoms with Crippen molar-refractivity contribution in [2.24, 2.45) is 0 Å². The van der Waals surface area contributed by atoms with E-state index in [1.54, 1.807) is 19.6 Å². The van der Waals surface area contributed by atoms with Crippen LogP contribution in [0.4, 0.5) is 0 Å². The quantitative estimate of drug-likeness (QED) is 0.896. The van der Waals surface area contributed by atoms with Crippen LogP contribution in [0, 0.1) is 0 Å². The fraction of sp³-hybridized carbons (Fsp3) is 0.526. The summed E-state index contributed by atoms with van der Waals surface area (Å²) in [4.78, 5) is 29.3. The predicted octanol–water partition coefficient (Wildman–Crippen LogP) is 1.33. The number of carbonyl (C=O) groups is 1. The lowest BCUT2D eigenvalue weighted by Crippen LogP contribution is -2.58. The molecule has 0 saturated carbocycles. The van der Waals surface area contributed by atoms with E-state index in [0.29, 0.717) is 0 Å². The monoisotopic (exact) mass is 355 g/mol. The molecule has 0 aromatic carbocycles. The topological polar surface area (TPSA) is 74.3 Å². The zero-order valence-corrected chi connectivity index (χ0v) is 15.1. The minimum Gasteiger partial charge on any atom is -0.375 e. The molecule has 7 heteroatoms. The van der Waals surface area contributed by atoms with Gasteiger partial charge in [0.25, 0.3) is 0 Å². The van der Waals surface area contributed by atoms with Gasteiger partial charge in [0.1, 0.15) is 6.61 Å². The Morgan fingerprint density at radius 3 is 2.92 bits per heavy atom. The lowest BCUT2D eigenvalue weighted by Gasteiger charge is -2.50. The number of piperidine rings is 1. The highest BCUT2D eigenvalue weighted by Gasteiger charge is 2.48. The van der Waals surface area contributed by atoms with Crippen molar-refractivity contribution in [3.05, 3.63) is 47.8 Å². The van der Waals surface area contributed by atoms with Gasteiger partial charge in [0, 0.05) is 57.8 Å². The summed E-state index contributed by atoms with van der Waals surface area (Å²) in [5, 5.41) is 0. The van der Waals surface area contributed by atoms with Crippen LogP contribution in [0.5, 0.6) is 0 Å². The summed E-state index contributed by atoms with van der Waals surface area (Å²) in [7, 11) is 1.57. The van der Waals surface area contributed by atoms with Crippen molar-refractivity contribution in [3.8, 4) is 0 Å². The normalized spacial score (nSPS) is 19.5. The number of rotatable bonds is 4. The second-order valence-corrected chi connectivity index (χ2v) is 7.13. The molecule has 4 heterocycles. The van der Waals surface area contributed by atoms with Crippen molar-refractivity contribution in [3.63, 3.8) is 0 Å². The van der Waals surface area contributed by atoms with Gasteiger partial charge in [0.2, 0.25) is 5.91 Å². The number of ether oxygens (including phenoxy) is 1. The Bertz CT molecular complexity index is 752. The largest absolute Gasteiger partial charge is 0.375 e. The van der Waals surface area contributed by atoms with Crippen molar-refractivity contribution in [1.29, 1.82) is 0 Å². The van der Waals surface area contributed by atoms with Gasteiger partial charge < -0.3 is 14.6 Å². The summed E-state index contributed by atoms with van der Waals surface area (Å²) in [5.74, 6) is 0.0573. The molecule has 0 atom stereocenters. The van der Waals surface area contributed by atoms with E-state index in [9.17, 15) is 4.79 Å². The summed E-state index contributed by atoms with van der Waals surface area (Å²) in [5.41, 5.74) is 3.13. The van der Waals surface area contributed by atoms with Crippen LogP contribution in [0.15, 0.2) is 30.9 Å². The van der Waals surface area contributed by atoms with Crippen LogP contribution in [0.25, 0.3) is 0 Å². The van der Waals surface area contributed by atoms with Crippen molar-refractivity contribution >= 4 is 5.91 Å². The molecule has 1 saturated heterocycles. The van der Waals surface area contributed by atoms with Gasteiger partial charge in [-0.25, -0.2) is 4.98 Å². The zero-order chi connectivity index (χ0) is 18.0. The minimum atomic E-state index is -0.311. The number of aromatic nitrogens is 3. The Morgan fingerprint density at radius 2 is 2.19 bits per heavy atom. The standard InChI is InChI=1S/C19H25N5O2/c1-26-13-17(25)24-8-4-16-18(22-14-21-16)19(24)5-9-23(10-6-19)12-15-3-2-7-20-11-15/h2-3,7,11,14H,4-6,8-10,12-13H2,1H3,(H,21,22). The fourth-order valence-electron chi connectivity index (χ4n) is 4.38. The number of imidazole rings is 1. The Hall–Kier alpha value is -2.25. The molecule has 2 aromatic rings. The predicted molar refractivity (Wildman–Crippen MR) is 96.3 cm³/mol. The number of nitrogens with zero attached hydrogens (tertiary/aromatic N) is 4. The average molecular weight is 355 g/mol. The molecule has 2 aromatic heterocycles. The van der Waals surface area contributed by atoms with E-state index in [2.05, 4.69) is 25.9 Å². The molecule has 1 amide bonds. The highest BCUT2D eigenvalue weighted by molar-refractivity contribution is 5.79. The number of hydrogen-bond donors (Lipinski definition) is 1. The number of pyridine rings is 1. The number of H-pyrrole nitrogens is 1. The van der Waals surface area contributed by atoms with Gasteiger partial charge in [-0.2, -0.15) is 0 Å². The molecule has 0 aliphatic carbocycles. The molecule has 1 spiro atoms. The van der Waals surface area contributed by atoms with E-state index in [4.69, 9.17) is 4.74 Å². The third-order valence-electron chi connectivity index (χ3n) is 5.64. The van der Waals surface area contributed by atoms with E-state index < -0.39 is 0 Å². The van der Waals surface area contributed by atoms with Gasteiger partial charge in [0.15, 0.2) is 0 Å². The first-order valence-electron chi connectivity index (χ1n) is 9.16. The van der Waals surface area contributed by atoms with Gasteiger partial charge in [-0.15, -0.1) is 0 Å². The number of methoxy groups -OCH3 is 1. The molecular weight excluding hydrogens is 330 g/mol. The van der Waals surface area contributed by atoms with Crippen LogP contribution in [-0.4, -0.2) is 64.0 Å². The number of carbonyl (C=O) groups excluding carboxylic acids is 1. The highest BCUT2D eigenvalue weighted by atomic mass is 16.5. The first-order valence-corrected chi connectivity index (χ1v) is 9.16. The Labute approximate surface area is 153 Å². The second-order valence-electron chi connectivity index (χ2n) is 7.13. The van der Waals surface area contributed by atoms with Crippen molar-refractivity contribution in [1.82, 2.24) is 24.8 Å². The molecular formula is C19H25N5O2. The molecule has 0 unspecified atom stereocenters. The molecule has 1 N–H and O–H groups in total. The van der Waals surface area contributed by atoms with Crippen LogP contribution < -0.4 is 0 Å². The molecule has 1 fully saturated rings.